The zero-order valence-corrected chi connectivity index (χ0v) is 14.1. The Bertz CT molecular complexity index is 949. The van der Waals surface area contributed by atoms with Crippen LogP contribution < -0.4 is 9.47 Å². The fourth-order valence-corrected chi connectivity index (χ4v) is 2.32. The first-order chi connectivity index (χ1) is 13.0. The number of benzene rings is 2. The molecule has 0 unspecified atom stereocenters. The summed E-state index contributed by atoms with van der Waals surface area (Å²) in [6.45, 7) is -0.506. The minimum Gasteiger partial charge on any atom is -0.493 e. The van der Waals surface area contributed by atoms with Crippen molar-refractivity contribution in [1.29, 1.82) is 0 Å². The number of nitrogens with zero attached hydrogens (tertiary/aromatic N) is 1. The highest BCUT2D eigenvalue weighted by atomic mass is 19.1. The molecule has 0 saturated heterocycles. The third-order valence-electron chi connectivity index (χ3n) is 3.55. The van der Waals surface area contributed by atoms with Crippen molar-refractivity contribution in [2.45, 2.75) is 0 Å². The average Bonchev–Trinajstić information content (AvgIpc) is 3.01. The number of esters is 1. The molecule has 2 aromatic carbocycles. The molecular formula is C19H14FNO6. The smallest absolute Gasteiger partial charge is 0.363 e. The molecule has 7 nitrogen and oxygen atoms in total. The Labute approximate surface area is 153 Å². The highest BCUT2D eigenvalue weighted by Crippen LogP contribution is 2.29. The van der Waals surface area contributed by atoms with Gasteiger partial charge in [0.2, 0.25) is 5.90 Å². The van der Waals surface area contributed by atoms with E-state index in [0.717, 1.165) is 0 Å². The van der Waals surface area contributed by atoms with Crippen molar-refractivity contribution in [2.24, 2.45) is 4.99 Å². The van der Waals surface area contributed by atoms with E-state index in [9.17, 15) is 14.0 Å². The van der Waals surface area contributed by atoms with Gasteiger partial charge in [-0.2, -0.15) is 0 Å². The molecule has 138 valence electrons. The summed E-state index contributed by atoms with van der Waals surface area (Å²) in [7, 11) is 1.41. The van der Waals surface area contributed by atoms with Gasteiger partial charge in [0.25, 0.3) is 0 Å². The topological polar surface area (TPSA) is 94.4 Å². The fourth-order valence-electron chi connectivity index (χ4n) is 2.32. The van der Waals surface area contributed by atoms with Crippen molar-refractivity contribution in [3.8, 4) is 11.5 Å². The van der Waals surface area contributed by atoms with Crippen LogP contribution in [0.1, 0.15) is 11.1 Å². The molecule has 1 aliphatic heterocycles. The molecule has 1 heterocycles. The molecule has 2 aromatic rings. The zero-order valence-electron chi connectivity index (χ0n) is 14.1. The van der Waals surface area contributed by atoms with Crippen LogP contribution in [0.25, 0.3) is 6.08 Å². The van der Waals surface area contributed by atoms with E-state index >= 15 is 0 Å². The summed E-state index contributed by atoms with van der Waals surface area (Å²) in [5.41, 5.74) is 1.12. The summed E-state index contributed by atoms with van der Waals surface area (Å²) in [6, 6.07) is 10.1. The first kappa shape index (κ1) is 18.1. The van der Waals surface area contributed by atoms with E-state index in [-0.39, 0.29) is 17.3 Å². The van der Waals surface area contributed by atoms with Gasteiger partial charge in [-0.1, -0.05) is 6.07 Å². The van der Waals surface area contributed by atoms with Gasteiger partial charge in [-0.05, 0) is 48.0 Å². The minimum atomic E-state index is -1.11. The van der Waals surface area contributed by atoms with E-state index < -0.39 is 24.4 Å². The number of carbonyl (C=O) groups excluding carboxylic acids is 1. The van der Waals surface area contributed by atoms with E-state index in [4.69, 9.17) is 19.3 Å². The zero-order chi connectivity index (χ0) is 19.4. The van der Waals surface area contributed by atoms with Crippen molar-refractivity contribution < 1.29 is 33.3 Å². The van der Waals surface area contributed by atoms with Crippen molar-refractivity contribution >= 4 is 23.9 Å². The van der Waals surface area contributed by atoms with Gasteiger partial charge in [0.1, 0.15) is 5.82 Å². The summed E-state index contributed by atoms with van der Waals surface area (Å²) in [5.74, 6) is -1.51. The van der Waals surface area contributed by atoms with E-state index in [1.807, 2.05) is 0 Å². The quantitative estimate of drug-likeness (QED) is 0.620. The number of rotatable bonds is 6. The fraction of sp³-hybridized carbons (Fsp3) is 0.105. The number of hydrogen-bond acceptors (Lipinski definition) is 6. The minimum absolute atomic E-state index is 0.0654. The maximum absolute atomic E-state index is 13.0. The molecule has 1 N–H and O–H groups in total. The summed E-state index contributed by atoms with van der Waals surface area (Å²) in [4.78, 5) is 26.8. The van der Waals surface area contributed by atoms with E-state index in [1.165, 1.54) is 43.5 Å². The highest BCUT2D eigenvalue weighted by molar-refractivity contribution is 6.12. The molecule has 8 heteroatoms. The number of methoxy groups -OCH3 is 1. The Balaban J connectivity index is 1.85. The molecule has 27 heavy (non-hydrogen) atoms. The Hall–Kier alpha value is -3.68. The Morgan fingerprint density at radius 2 is 1.96 bits per heavy atom. The molecule has 0 bridgehead atoms. The SMILES string of the molecule is COc1cc(/C=C2/N=C(c3ccc(F)cc3)OC2=O)ccc1OCC(=O)O. The second-order valence-corrected chi connectivity index (χ2v) is 5.44. The number of aliphatic imine (C=N–C) groups is 1. The van der Waals surface area contributed by atoms with Gasteiger partial charge in [-0.15, -0.1) is 0 Å². The van der Waals surface area contributed by atoms with Gasteiger partial charge >= 0.3 is 11.9 Å². The lowest BCUT2D eigenvalue weighted by Gasteiger charge is -2.09. The monoisotopic (exact) mass is 371 g/mol. The van der Waals surface area contributed by atoms with Crippen molar-refractivity contribution in [1.82, 2.24) is 0 Å². The van der Waals surface area contributed by atoms with Crippen molar-refractivity contribution in [2.75, 3.05) is 13.7 Å². The van der Waals surface area contributed by atoms with Crippen LogP contribution in [0.15, 0.2) is 53.2 Å². The normalized spacial score (nSPS) is 14.7. The van der Waals surface area contributed by atoms with Crippen LogP contribution in [0.5, 0.6) is 11.5 Å². The van der Waals surface area contributed by atoms with E-state index in [0.29, 0.717) is 16.9 Å². The Morgan fingerprint density at radius 1 is 1.22 bits per heavy atom. The first-order valence-corrected chi connectivity index (χ1v) is 7.77. The summed E-state index contributed by atoms with van der Waals surface area (Å²) >= 11 is 0. The summed E-state index contributed by atoms with van der Waals surface area (Å²) < 4.78 is 28.4. The van der Waals surface area contributed by atoms with Gasteiger partial charge in [0, 0.05) is 5.56 Å². The molecule has 3 rings (SSSR count). The van der Waals surface area contributed by atoms with Crippen LogP contribution in [-0.2, 0) is 14.3 Å². The maximum atomic E-state index is 13.0. The summed E-state index contributed by atoms with van der Waals surface area (Å²) in [5, 5.41) is 8.68. The second kappa shape index (κ2) is 7.69. The predicted molar refractivity (Wildman–Crippen MR) is 93.1 cm³/mol. The molecule has 0 aromatic heterocycles. The van der Waals surface area contributed by atoms with E-state index in [2.05, 4.69) is 4.99 Å². The average molecular weight is 371 g/mol. The number of aliphatic carboxylic acids is 1. The number of ether oxygens (including phenoxy) is 3. The Morgan fingerprint density at radius 3 is 2.63 bits per heavy atom. The number of carbonyl (C=O) groups is 2. The van der Waals surface area contributed by atoms with Crippen LogP contribution >= 0.6 is 0 Å². The molecule has 0 atom stereocenters. The van der Waals surface area contributed by atoms with Crippen LogP contribution in [0.2, 0.25) is 0 Å². The molecule has 0 spiro atoms. The number of halogens is 1. The Kier molecular flexibility index (Phi) is 5.16. The van der Waals surface area contributed by atoms with Crippen LogP contribution in [0, 0.1) is 5.82 Å². The lowest BCUT2D eigenvalue weighted by molar-refractivity contribution is -0.139. The molecule has 0 saturated carbocycles. The third kappa shape index (κ3) is 4.30. The van der Waals surface area contributed by atoms with Gasteiger partial charge < -0.3 is 19.3 Å². The summed E-state index contributed by atoms with van der Waals surface area (Å²) in [6.07, 6.45) is 1.49. The van der Waals surface area contributed by atoms with Crippen LogP contribution in [-0.4, -0.2) is 36.7 Å². The van der Waals surface area contributed by atoms with Crippen molar-refractivity contribution in [3.63, 3.8) is 0 Å². The maximum Gasteiger partial charge on any atom is 0.363 e. The molecule has 0 amide bonds. The van der Waals surface area contributed by atoms with E-state index in [1.54, 1.807) is 12.1 Å². The first-order valence-electron chi connectivity index (χ1n) is 7.77. The molecule has 0 fully saturated rings. The van der Waals surface area contributed by atoms with Gasteiger partial charge in [0.05, 0.1) is 7.11 Å². The highest BCUT2D eigenvalue weighted by Gasteiger charge is 2.24. The molecular weight excluding hydrogens is 357 g/mol. The molecule has 0 radical (unpaired) electrons. The van der Waals surface area contributed by atoms with Crippen LogP contribution in [0.3, 0.4) is 0 Å². The molecule has 0 aliphatic carbocycles. The van der Waals surface area contributed by atoms with Gasteiger partial charge in [-0.3, -0.25) is 0 Å². The number of carboxylic acids is 1. The largest absolute Gasteiger partial charge is 0.493 e. The van der Waals surface area contributed by atoms with Gasteiger partial charge in [-0.25, -0.2) is 19.0 Å². The number of cyclic esters (lactones) is 1. The predicted octanol–water partition coefficient (Wildman–Crippen LogP) is 2.64. The number of carboxylic acid groups (broad SMARTS) is 1. The van der Waals surface area contributed by atoms with Crippen molar-refractivity contribution in [3.05, 3.63) is 65.1 Å². The lowest BCUT2D eigenvalue weighted by Crippen LogP contribution is -2.10. The molecule has 1 aliphatic rings. The second-order valence-electron chi connectivity index (χ2n) is 5.44. The van der Waals surface area contributed by atoms with Crippen LogP contribution in [0.4, 0.5) is 4.39 Å². The standard InChI is InChI=1S/C19H14FNO6/c1-25-16-9-11(2-7-15(16)26-10-17(22)23)8-14-19(24)27-18(21-14)12-3-5-13(20)6-4-12/h2-9H,10H2,1H3,(H,22,23)/b14-8+. The van der Waals surface area contributed by atoms with Gasteiger partial charge in [0.15, 0.2) is 23.8 Å². The lowest BCUT2D eigenvalue weighted by atomic mass is 10.1. The third-order valence-corrected chi connectivity index (χ3v) is 3.55. The number of hydrogen-bond donors (Lipinski definition) is 1.